The van der Waals surface area contributed by atoms with E-state index in [1.807, 2.05) is 18.2 Å². The summed E-state index contributed by atoms with van der Waals surface area (Å²) < 4.78 is 0. The van der Waals surface area contributed by atoms with Gasteiger partial charge < -0.3 is 5.11 Å². The number of aliphatic hydroxyl groups excluding tert-OH is 1. The van der Waals surface area contributed by atoms with Crippen LogP contribution in [0.25, 0.3) is 22.0 Å². The van der Waals surface area contributed by atoms with Crippen molar-refractivity contribution >= 4 is 22.5 Å². The van der Waals surface area contributed by atoms with Gasteiger partial charge in [-0.1, -0.05) is 47.5 Å². The summed E-state index contributed by atoms with van der Waals surface area (Å²) in [6.45, 7) is 1.97. The van der Waals surface area contributed by atoms with Crippen molar-refractivity contribution in [2.75, 3.05) is 0 Å². The van der Waals surface area contributed by atoms with Crippen molar-refractivity contribution in [3.05, 3.63) is 64.8 Å². The van der Waals surface area contributed by atoms with Gasteiger partial charge in [-0.15, -0.1) is 0 Å². The summed E-state index contributed by atoms with van der Waals surface area (Å²) >= 11 is 6.01. The molecule has 2 nitrogen and oxygen atoms in total. The standard InChI is InChI=1S/C17H14ClNO/c1-11-2-4-12(5-3-11)13-6-7-16-14(8-13)9-15(10-20)17(18)19-16/h2-9,20H,10H2,1H3. The normalized spacial score (nSPS) is 10.9. The number of benzene rings is 2. The molecule has 2 aromatic carbocycles. The number of aromatic nitrogens is 1. The van der Waals surface area contributed by atoms with Gasteiger partial charge in [-0.3, -0.25) is 0 Å². The van der Waals surface area contributed by atoms with Gasteiger partial charge in [0.25, 0.3) is 0 Å². The Kier molecular flexibility index (Phi) is 3.43. The molecule has 1 heterocycles. The highest BCUT2D eigenvalue weighted by Crippen LogP contribution is 2.26. The fraction of sp³-hybridized carbons (Fsp3) is 0.118. The minimum atomic E-state index is -0.101. The number of hydrogen-bond acceptors (Lipinski definition) is 2. The number of fused-ring (bicyclic) bond motifs is 1. The molecule has 3 rings (SSSR count). The van der Waals surface area contributed by atoms with Gasteiger partial charge in [0.1, 0.15) is 5.15 Å². The molecule has 0 fully saturated rings. The molecular weight excluding hydrogens is 270 g/mol. The average Bonchev–Trinajstić information content (AvgIpc) is 2.47. The molecule has 100 valence electrons. The molecule has 3 heteroatoms. The summed E-state index contributed by atoms with van der Waals surface area (Å²) in [5, 5.41) is 10.6. The second-order valence-corrected chi connectivity index (χ2v) is 5.23. The van der Waals surface area contributed by atoms with Crippen LogP contribution in [-0.4, -0.2) is 10.1 Å². The Labute approximate surface area is 122 Å². The second kappa shape index (κ2) is 5.23. The van der Waals surface area contributed by atoms with E-state index in [-0.39, 0.29) is 6.61 Å². The predicted octanol–water partition coefficient (Wildman–Crippen LogP) is 4.36. The molecule has 20 heavy (non-hydrogen) atoms. The van der Waals surface area contributed by atoms with Crippen LogP contribution in [0.15, 0.2) is 48.5 Å². The summed E-state index contributed by atoms with van der Waals surface area (Å²) in [6, 6.07) is 16.4. The van der Waals surface area contributed by atoms with E-state index in [9.17, 15) is 5.11 Å². The van der Waals surface area contributed by atoms with Crippen LogP contribution >= 0.6 is 11.6 Å². The lowest BCUT2D eigenvalue weighted by Crippen LogP contribution is -1.90. The maximum atomic E-state index is 9.27. The molecule has 0 saturated heterocycles. The number of rotatable bonds is 2. The average molecular weight is 284 g/mol. The molecule has 1 aromatic heterocycles. The largest absolute Gasteiger partial charge is 0.392 e. The third-order valence-electron chi connectivity index (χ3n) is 3.40. The Morgan fingerprint density at radius 2 is 1.70 bits per heavy atom. The van der Waals surface area contributed by atoms with Gasteiger partial charge in [0, 0.05) is 10.9 Å². The lowest BCUT2D eigenvalue weighted by atomic mass is 10.0. The van der Waals surface area contributed by atoms with Crippen molar-refractivity contribution in [1.29, 1.82) is 0 Å². The Balaban J connectivity index is 2.14. The molecule has 0 bridgehead atoms. The van der Waals surface area contributed by atoms with Gasteiger partial charge in [0.05, 0.1) is 12.1 Å². The van der Waals surface area contributed by atoms with E-state index in [0.717, 1.165) is 22.0 Å². The topological polar surface area (TPSA) is 33.1 Å². The fourth-order valence-corrected chi connectivity index (χ4v) is 2.44. The minimum Gasteiger partial charge on any atom is -0.392 e. The van der Waals surface area contributed by atoms with E-state index in [0.29, 0.717) is 10.7 Å². The SMILES string of the molecule is Cc1ccc(-c2ccc3nc(Cl)c(CO)cc3c2)cc1. The Bertz CT molecular complexity index is 766. The maximum Gasteiger partial charge on any atom is 0.135 e. The van der Waals surface area contributed by atoms with Crippen molar-refractivity contribution < 1.29 is 5.11 Å². The first-order chi connectivity index (χ1) is 9.67. The van der Waals surface area contributed by atoms with E-state index in [1.165, 1.54) is 5.56 Å². The summed E-state index contributed by atoms with van der Waals surface area (Å²) in [5.74, 6) is 0. The summed E-state index contributed by atoms with van der Waals surface area (Å²) in [6.07, 6.45) is 0. The molecule has 0 aliphatic rings. The van der Waals surface area contributed by atoms with E-state index >= 15 is 0 Å². The lowest BCUT2D eigenvalue weighted by molar-refractivity contribution is 0.281. The van der Waals surface area contributed by atoms with Crippen LogP contribution in [0.3, 0.4) is 0 Å². The maximum absolute atomic E-state index is 9.27. The van der Waals surface area contributed by atoms with Gasteiger partial charge >= 0.3 is 0 Å². The van der Waals surface area contributed by atoms with E-state index in [2.05, 4.69) is 42.2 Å². The van der Waals surface area contributed by atoms with Crippen LogP contribution in [0.5, 0.6) is 0 Å². The monoisotopic (exact) mass is 283 g/mol. The highest BCUT2D eigenvalue weighted by atomic mass is 35.5. The number of nitrogens with zero attached hydrogens (tertiary/aromatic N) is 1. The van der Waals surface area contributed by atoms with Gasteiger partial charge in [-0.25, -0.2) is 4.98 Å². The van der Waals surface area contributed by atoms with Crippen LogP contribution in [0.4, 0.5) is 0 Å². The molecule has 3 aromatic rings. The molecule has 0 unspecified atom stereocenters. The summed E-state index contributed by atoms with van der Waals surface area (Å²) in [4.78, 5) is 4.30. The number of halogens is 1. The van der Waals surface area contributed by atoms with Gasteiger partial charge in [0.15, 0.2) is 0 Å². The van der Waals surface area contributed by atoms with Gasteiger partial charge in [-0.05, 0) is 36.2 Å². The van der Waals surface area contributed by atoms with Crippen molar-refractivity contribution in [1.82, 2.24) is 4.98 Å². The Hall–Kier alpha value is -1.90. The van der Waals surface area contributed by atoms with Crippen LogP contribution < -0.4 is 0 Å². The highest BCUT2D eigenvalue weighted by molar-refractivity contribution is 6.30. The number of aryl methyl sites for hydroxylation is 1. The Morgan fingerprint density at radius 1 is 1.00 bits per heavy atom. The highest BCUT2D eigenvalue weighted by Gasteiger charge is 2.05. The molecule has 0 spiro atoms. The number of hydrogen-bond donors (Lipinski definition) is 1. The van der Waals surface area contributed by atoms with Crippen LogP contribution in [0.2, 0.25) is 5.15 Å². The first-order valence-corrected chi connectivity index (χ1v) is 6.82. The van der Waals surface area contributed by atoms with E-state index in [4.69, 9.17) is 11.6 Å². The van der Waals surface area contributed by atoms with Crippen molar-refractivity contribution in [3.63, 3.8) is 0 Å². The second-order valence-electron chi connectivity index (χ2n) is 4.87. The first kappa shape index (κ1) is 13.1. The fourth-order valence-electron chi connectivity index (χ4n) is 2.23. The number of aliphatic hydroxyl groups is 1. The zero-order valence-electron chi connectivity index (χ0n) is 11.1. The molecule has 0 saturated carbocycles. The van der Waals surface area contributed by atoms with Crippen molar-refractivity contribution in [2.24, 2.45) is 0 Å². The van der Waals surface area contributed by atoms with Crippen LogP contribution in [0, 0.1) is 6.92 Å². The Morgan fingerprint density at radius 3 is 2.40 bits per heavy atom. The lowest BCUT2D eigenvalue weighted by Gasteiger charge is -2.07. The summed E-state index contributed by atoms with van der Waals surface area (Å²) in [5.41, 5.74) is 5.03. The molecule has 0 atom stereocenters. The van der Waals surface area contributed by atoms with Gasteiger partial charge in [0.2, 0.25) is 0 Å². The zero-order chi connectivity index (χ0) is 14.1. The van der Waals surface area contributed by atoms with E-state index < -0.39 is 0 Å². The minimum absolute atomic E-state index is 0.101. The molecule has 0 aliphatic carbocycles. The van der Waals surface area contributed by atoms with Gasteiger partial charge in [-0.2, -0.15) is 0 Å². The zero-order valence-corrected chi connectivity index (χ0v) is 11.9. The predicted molar refractivity (Wildman–Crippen MR) is 82.8 cm³/mol. The smallest absolute Gasteiger partial charge is 0.135 e. The number of pyridine rings is 1. The van der Waals surface area contributed by atoms with Crippen LogP contribution in [0.1, 0.15) is 11.1 Å². The first-order valence-electron chi connectivity index (χ1n) is 6.44. The quantitative estimate of drug-likeness (QED) is 0.709. The third-order valence-corrected chi connectivity index (χ3v) is 3.72. The van der Waals surface area contributed by atoms with Crippen molar-refractivity contribution in [2.45, 2.75) is 13.5 Å². The molecule has 0 aliphatic heterocycles. The molecule has 0 radical (unpaired) electrons. The van der Waals surface area contributed by atoms with Crippen molar-refractivity contribution in [3.8, 4) is 11.1 Å². The molecular formula is C17H14ClNO. The van der Waals surface area contributed by atoms with E-state index in [1.54, 1.807) is 0 Å². The molecule has 0 amide bonds. The van der Waals surface area contributed by atoms with Crippen LogP contribution in [-0.2, 0) is 6.61 Å². The molecule has 1 N–H and O–H groups in total. The summed E-state index contributed by atoms with van der Waals surface area (Å²) in [7, 11) is 0. The third kappa shape index (κ3) is 2.40.